The molecule has 5 rings (SSSR count). The summed E-state index contributed by atoms with van der Waals surface area (Å²) >= 11 is 0. The smallest absolute Gasteiger partial charge is 0.262 e. The minimum Gasteiger partial charge on any atom is -0.483 e. The van der Waals surface area contributed by atoms with Crippen LogP contribution in [0.4, 0.5) is 5.69 Å². The molecule has 1 aliphatic heterocycles. The van der Waals surface area contributed by atoms with Crippen LogP contribution in [0.5, 0.6) is 17.2 Å². The Morgan fingerprint density at radius 1 is 0.970 bits per heavy atom. The SMILES string of the molecule is O=C(COc1ccccc1C(=O)c1cnn(-c2ccccc2)c1)Nc1ccc2c(c1)OCO2. The van der Waals surface area contributed by atoms with E-state index in [1.54, 1.807) is 53.3 Å². The van der Waals surface area contributed by atoms with Gasteiger partial charge in [0.25, 0.3) is 5.91 Å². The lowest BCUT2D eigenvalue weighted by molar-refractivity contribution is -0.118. The van der Waals surface area contributed by atoms with Crippen LogP contribution in [0.15, 0.2) is 85.2 Å². The second kappa shape index (κ2) is 8.88. The summed E-state index contributed by atoms with van der Waals surface area (Å²) < 4.78 is 17.9. The number of para-hydroxylation sites is 2. The van der Waals surface area contributed by atoms with E-state index in [9.17, 15) is 9.59 Å². The van der Waals surface area contributed by atoms with Crippen LogP contribution in [-0.4, -0.2) is 34.9 Å². The molecule has 0 aliphatic carbocycles. The summed E-state index contributed by atoms with van der Waals surface area (Å²) in [5.74, 6) is 0.903. The monoisotopic (exact) mass is 441 g/mol. The molecule has 0 saturated carbocycles. The van der Waals surface area contributed by atoms with Gasteiger partial charge in [-0.2, -0.15) is 5.10 Å². The number of nitrogens with zero attached hydrogens (tertiary/aromatic N) is 2. The van der Waals surface area contributed by atoms with Gasteiger partial charge in [0.15, 0.2) is 23.9 Å². The lowest BCUT2D eigenvalue weighted by Gasteiger charge is -2.11. The number of rotatable bonds is 7. The third kappa shape index (κ3) is 4.40. The number of ether oxygens (including phenoxy) is 3. The second-order valence-corrected chi connectivity index (χ2v) is 7.24. The number of anilines is 1. The van der Waals surface area contributed by atoms with Crippen molar-refractivity contribution >= 4 is 17.4 Å². The lowest BCUT2D eigenvalue weighted by Crippen LogP contribution is -2.20. The number of fused-ring (bicyclic) bond motifs is 1. The highest BCUT2D eigenvalue weighted by Gasteiger charge is 2.18. The molecule has 0 spiro atoms. The molecule has 0 bridgehead atoms. The molecular formula is C25H19N3O5. The molecule has 2 heterocycles. The minimum absolute atomic E-state index is 0.158. The van der Waals surface area contributed by atoms with Crippen molar-refractivity contribution in [3.05, 3.63) is 96.3 Å². The number of amides is 1. The second-order valence-electron chi connectivity index (χ2n) is 7.24. The average molecular weight is 441 g/mol. The van der Waals surface area contributed by atoms with Gasteiger partial charge in [-0.1, -0.05) is 30.3 Å². The van der Waals surface area contributed by atoms with E-state index in [4.69, 9.17) is 14.2 Å². The fourth-order valence-electron chi connectivity index (χ4n) is 3.41. The number of nitrogens with one attached hydrogen (secondary N) is 1. The first-order valence-corrected chi connectivity index (χ1v) is 10.2. The molecule has 164 valence electrons. The molecule has 33 heavy (non-hydrogen) atoms. The molecule has 0 atom stereocenters. The number of aromatic nitrogens is 2. The van der Waals surface area contributed by atoms with E-state index >= 15 is 0 Å². The van der Waals surface area contributed by atoms with Gasteiger partial charge < -0.3 is 19.5 Å². The molecule has 1 aromatic heterocycles. The first kappa shape index (κ1) is 20.3. The van der Waals surface area contributed by atoms with Crippen LogP contribution < -0.4 is 19.5 Å². The van der Waals surface area contributed by atoms with Gasteiger partial charge in [0, 0.05) is 18.0 Å². The van der Waals surface area contributed by atoms with Crippen molar-refractivity contribution in [1.82, 2.24) is 9.78 Å². The maximum atomic E-state index is 13.1. The van der Waals surface area contributed by atoms with Crippen LogP contribution >= 0.6 is 0 Å². The van der Waals surface area contributed by atoms with Gasteiger partial charge in [0.2, 0.25) is 6.79 Å². The topological polar surface area (TPSA) is 91.7 Å². The van der Waals surface area contributed by atoms with E-state index in [0.717, 1.165) is 5.69 Å². The molecular weight excluding hydrogens is 422 g/mol. The van der Waals surface area contributed by atoms with Crippen LogP contribution in [0.3, 0.4) is 0 Å². The fourth-order valence-corrected chi connectivity index (χ4v) is 3.41. The van der Waals surface area contributed by atoms with Crippen molar-refractivity contribution in [3.63, 3.8) is 0 Å². The maximum Gasteiger partial charge on any atom is 0.262 e. The van der Waals surface area contributed by atoms with Crippen molar-refractivity contribution in [2.24, 2.45) is 0 Å². The highest BCUT2D eigenvalue weighted by molar-refractivity contribution is 6.10. The Balaban J connectivity index is 1.26. The summed E-state index contributed by atoms with van der Waals surface area (Å²) in [4.78, 5) is 25.5. The first-order chi connectivity index (χ1) is 16.2. The van der Waals surface area contributed by atoms with Crippen LogP contribution in [0, 0.1) is 0 Å². The number of hydrogen-bond donors (Lipinski definition) is 1. The zero-order chi connectivity index (χ0) is 22.6. The molecule has 1 N–H and O–H groups in total. The Kier molecular flexibility index (Phi) is 5.47. The fraction of sp³-hybridized carbons (Fsp3) is 0.0800. The normalized spacial score (nSPS) is 11.8. The Morgan fingerprint density at radius 3 is 2.64 bits per heavy atom. The summed E-state index contributed by atoms with van der Waals surface area (Å²) in [7, 11) is 0. The Bertz CT molecular complexity index is 1320. The molecule has 3 aromatic carbocycles. The number of hydrogen-bond acceptors (Lipinski definition) is 6. The van der Waals surface area contributed by atoms with Crippen LogP contribution in [0.1, 0.15) is 15.9 Å². The van der Waals surface area contributed by atoms with E-state index in [1.165, 1.54) is 6.20 Å². The van der Waals surface area contributed by atoms with E-state index in [0.29, 0.717) is 34.1 Å². The average Bonchev–Trinajstić information content (AvgIpc) is 3.53. The molecule has 1 aliphatic rings. The number of carbonyl (C=O) groups is 2. The maximum absolute atomic E-state index is 13.1. The Labute approximate surface area is 189 Å². The molecule has 0 unspecified atom stereocenters. The van der Waals surface area contributed by atoms with Crippen molar-refractivity contribution in [1.29, 1.82) is 0 Å². The Morgan fingerprint density at radius 2 is 1.76 bits per heavy atom. The summed E-state index contributed by atoms with van der Waals surface area (Å²) in [6.45, 7) is -0.104. The van der Waals surface area contributed by atoms with Gasteiger partial charge in [0.05, 0.1) is 23.0 Å². The molecule has 0 saturated heterocycles. The van der Waals surface area contributed by atoms with Crippen molar-refractivity contribution in [2.75, 3.05) is 18.7 Å². The first-order valence-electron chi connectivity index (χ1n) is 10.2. The molecule has 0 radical (unpaired) electrons. The van der Waals surface area contributed by atoms with Gasteiger partial charge in [-0.05, 0) is 36.4 Å². The molecule has 0 fully saturated rings. The number of ketones is 1. The van der Waals surface area contributed by atoms with Crippen LogP contribution in [0.25, 0.3) is 5.69 Å². The van der Waals surface area contributed by atoms with Gasteiger partial charge in [0.1, 0.15) is 5.75 Å². The van der Waals surface area contributed by atoms with E-state index < -0.39 is 0 Å². The van der Waals surface area contributed by atoms with Gasteiger partial charge >= 0.3 is 0 Å². The summed E-state index contributed by atoms with van der Waals surface area (Å²) in [5.41, 5.74) is 2.17. The van der Waals surface area contributed by atoms with Crippen molar-refractivity contribution < 1.29 is 23.8 Å². The standard InChI is InChI=1S/C25H19N3O5/c29-24(27-18-10-11-22-23(12-18)33-16-32-22)15-31-21-9-5-4-8-20(21)25(30)17-13-26-28(14-17)19-6-2-1-3-7-19/h1-14H,15-16H2,(H,27,29). The highest BCUT2D eigenvalue weighted by Crippen LogP contribution is 2.34. The summed E-state index contributed by atoms with van der Waals surface area (Å²) in [6.07, 6.45) is 3.18. The third-order valence-electron chi connectivity index (χ3n) is 5.01. The summed E-state index contributed by atoms with van der Waals surface area (Å²) in [5, 5.41) is 7.03. The molecule has 8 heteroatoms. The zero-order valence-electron chi connectivity index (χ0n) is 17.4. The van der Waals surface area contributed by atoms with Gasteiger partial charge in [-0.15, -0.1) is 0 Å². The molecule has 1 amide bonds. The van der Waals surface area contributed by atoms with Gasteiger partial charge in [-0.25, -0.2) is 4.68 Å². The molecule has 4 aromatic rings. The quantitative estimate of drug-likeness (QED) is 0.438. The Hall–Kier alpha value is -4.59. The van der Waals surface area contributed by atoms with Gasteiger partial charge in [-0.3, -0.25) is 9.59 Å². The molecule has 8 nitrogen and oxygen atoms in total. The lowest BCUT2D eigenvalue weighted by atomic mass is 10.1. The number of benzene rings is 3. The van der Waals surface area contributed by atoms with Crippen LogP contribution in [0.2, 0.25) is 0 Å². The predicted octanol–water partition coefficient (Wildman–Crippen LogP) is 3.85. The van der Waals surface area contributed by atoms with E-state index in [1.807, 2.05) is 30.3 Å². The predicted molar refractivity (Wildman–Crippen MR) is 120 cm³/mol. The number of carbonyl (C=O) groups excluding carboxylic acids is 2. The van der Waals surface area contributed by atoms with E-state index in [-0.39, 0.29) is 25.1 Å². The largest absolute Gasteiger partial charge is 0.483 e. The highest BCUT2D eigenvalue weighted by atomic mass is 16.7. The minimum atomic E-state index is -0.368. The van der Waals surface area contributed by atoms with Crippen LogP contribution in [-0.2, 0) is 4.79 Å². The van der Waals surface area contributed by atoms with Crippen molar-refractivity contribution in [2.45, 2.75) is 0 Å². The zero-order valence-corrected chi connectivity index (χ0v) is 17.4. The third-order valence-corrected chi connectivity index (χ3v) is 5.01. The van der Waals surface area contributed by atoms with Crippen molar-refractivity contribution in [3.8, 4) is 22.9 Å². The van der Waals surface area contributed by atoms with E-state index in [2.05, 4.69) is 10.4 Å². The summed E-state index contributed by atoms with van der Waals surface area (Å²) in [6, 6.07) is 21.4.